The van der Waals surface area contributed by atoms with Crippen molar-refractivity contribution >= 4 is 23.2 Å². The summed E-state index contributed by atoms with van der Waals surface area (Å²) in [5.41, 5.74) is 2.44. The molecule has 0 aliphatic carbocycles. The predicted octanol–water partition coefficient (Wildman–Crippen LogP) is 4.56. The van der Waals surface area contributed by atoms with Crippen LogP contribution in [0.25, 0.3) is 0 Å². The Morgan fingerprint density at radius 1 is 0.962 bits per heavy atom. The first-order valence-corrected chi connectivity index (χ1v) is 8.84. The molecule has 0 saturated carbocycles. The molecule has 0 spiro atoms. The highest BCUT2D eigenvalue weighted by Gasteiger charge is 2.18. The van der Waals surface area contributed by atoms with Crippen molar-refractivity contribution in [3.8, 4) is 5.75 Å². The summed E-state index contributed by atoms with van der Waals surface area (Å²) < 4.78 is 5.91. The Labute approximate surface area is 154 Å². The van der Waals surface area contributed by atoms with Crippen LogP contribution in [0.1, 0.15) is 45.6 Å². The lowest BCUT2D eigenvalue weighted by Gasteiger charge is -2.19. The lowest BCUT2D eigenvalue weighted by atomic mass is 9.98. The molecule has 26 heavy (non-hydrogen) atoms. The highest BCUT2D eigenvalue weighted by atomic mass is 16.5. The topological polar surface area (TPSA) is 67.4 Å². The molecular formula is C21H26N2O3. The van der Waals surface area contributed by atoms with Crippen molar-refractivity contribution in [3.05, 3.63) is 54.1 Å². The maximum absolute atomic E-state index is 12.4. The van der Waals surface area contributed by atoms with Gasteiger partial charge in [0.15, 0.2) is 6.10 Å². The molecule has 0 aliphatic rings. The lowest BCUT2D eigenvalue weighted by Crippen LogP contribution is -2.30. The minimum atomic E-state index is -0.629. The zero-order valence-corrected chi connectivity index (χ0v) is 15.7. The summed E-state index contributed by atoms with van der Waals surface area (Å²) in [7, 11) is 0. The highest BCUT2D eigenvalue weighted by molar-refractivity contribution is 5.94. The van der Waals surface area contributed by atoms with E-state index in [0.29, 0.717) is 17.3 Å². The average molecular weight is 354 g/mol. The van der Waals surface area contributed by atoms with E-state index in [0.717, 1.165) is 17.7 Å². The van der Waals surface area contributed by atoms with Gasteiger partial charge in [0.25, 0.3) is 5.91 Å². The molecule has 0 aliphatic heterocycles. The third-order valence-corrected chi connectivity index (χ3v) is 4.21. The maximum atomic E-state index is 12.4. The second-order valence-corrected chi connectivity index (χ2v) is 6.35. The summed E-state index contributed by atoms with van der Waals surface area (Å²) in [5, 5.41) is 5.52. The largest absolute Gasteiger partial charge is 0.481 e. The number of benzene rings is 2. The van der Waals surface area contributed by atoms with Gasteiger partial charge in [-0.25, -0.2) is 0 Å². The van der Waals surface area contributed by atoms with E-state index in [4.69, 9.17) is 4.74 Å². The van der Waals surface area contributed by atoms with Gasteiger partial charge in [-0.2, -0.15) is 0 Å². The van der Waals surface area contributed by atoms with E-state index in [1.54, 1.807) is 31.2 Å². The second-order valence-electron chi connectivity index (χ2n) is 6.35. The Morgan fingerprint density at radius 3 is 2.12 bits per heavy atom. The number of hydrogen-bond acceptors (Lipinski definition) is 3. The van der Waals surface area contributed by atoms with Crippen LogP contribution < -0.4 is 15.4 Å². The van der Waals surface area contributed by atoms with E-state index in [-0.39, 0.29) is 11.8 Å². The quantitative estimate of drug-likeness (QED) is 0.766. The highest BCUT2D eigenvalue weighted by Crippen LogP contribution is 2.29. The number of amides is 2. The second kappa shape index (κ2) is 9.04. The standard InChI is InChI=1S/C21H26N2O3/c1-5-14(2)19-8-6-7-9-20(19)26-15(3)21(25)23-18-12-10-17(11-13-18)22-16(4)24/h6-15H,5H2,1-4H3,(H,22,24)(H,23,25). The van der Waals surface area contributed by atoms with Crippen molar-refractivity contribution in [2.24, 2.45) is 0 Å². The van der Waals surface area contributed by atoms with E-state index >= 15 is 0 Å². The lowest BCUT2D eigenvalue weighted by molar-refractivity contribution is -0.122. The van der Waals surface area contributed by atoms with Gasteiger partial charge in [0.05, 0.1) is 0 Å². The van der Waals surface area contributed by atoms with Crippen molar-refractivity contribution in [1.29, 1.82) is 0 Å². The van der Waals surface area contributed by atoms with Crippen molar-refractivity contribution in [3.63, 3.8) is 0 Å². The zero-order valence-electron chi connectivity index (χ0n) is 15.7. The van der Waals surface area contributed by atoms with Gasteiger partial charge in [-0.05, 0) is 55.2 Å². The van der Waals surface area contributed by atoms with E-state index in [2.05, 4.69) is 24.5 Å². The predicted molar refractivity (Wildman–Crippen MR) is 105 cm³/mol. The van der Waals surface area contributed by atoms with E-state index < -0.39 is 6.10 Å². The van der Waals surface area contributed by atoms with Crippen LogP contribution in [0.5, 0.6) is 5.75 Å². The van der Waals surface area contributed by atoms with Crippen molar-refractivity contribution in [1.82, 2.24) is 0 Å². The fourth-order valence-electron chi connectivity index (χ4n) is 2.54. The number of para-hydroxylation sites is 1. The Morgan fingerprint density at radius 2 is 1.54 bits per heavy atom. The van der Waals surface area contributed by atoms with Crippen LogP contribution in [0.4, 0.5) is 11.4 Å². The van der Waals surface area contributed by atoms with Crippen LogP contribution in [0.15, 0.2) is 48.5 Å². The van der Waals surface area contributed by atoms with E-state index in [1.807, 2.05) is 24.3 Å². The minimum Gasteiger partial charge on any atom is -0.481 e. The number of nitrogens with one attached hydrogen (secondary N) is 2. The van der Waals surface area contributed by atoms with Crippen LogP contribution in [0.2, 0.25) is 0 Å². The molecular weight excluding hydrogens is 328 g/mol. The first-order valence-electron chi connectivity index (χ1n) is 8.84. The molecule has 5 nitrogen and oxygen atoms in total. The van der Waals surface area contributed by atoms with Gasteiger partial charge in [-0.1, -0.05) is 32.0 Å². The molecule has 2 aromatic carbocycles. The Kier molecular flexibility index (Phi) is 6.78. The molecule has 0 saturated heterocycles. The van der Waals surface area contributed by atoms with Crippen LogP contribution in [0.3, 0.4) is 0 Å². The summed E-state index contributed by atoms with van der Waals surface area (Å²) in [5.74, 6) is 0.744. The Balaban J connectivity index is 2.01. The fourth-order valence-corrected chi connectivity index (χ4v) is 2.54. The summed E-state index contributed by atoms with van der Waals surface area (Å²) >= 11 is 0. The van der Waals surface area contributed by atoms with Gasteiger partial charge in [-0.3, -0.25) is 9.59 Å². The SMILES string of the molecule is CCC(C)c1ccccc1OC(C)C(=O)Nc1ccc(NC(C)=O)cc1. The Hall–Kier alpha value is -2.82. The van der Waals surface area contributed by atoms with Gasteiger partial charge in [-0.15, -0.1) is 0 Å². The Bertz CT molecular complexity index is 756. The van der Waals surface area contributed by atoms with Crippen molar-refractivity contribution < 1.29 is 14.3 Å². The summed E-state index contributed by atoms with van der Waals surface area (Å²) in [4.78, 5) is 23.5. The van der Waals surface area contributed by atoms with Crippen LogP contribution >= 0.6 is 0 Å². The molecule has 0 aromatic heterocycles. The van der Waals surface area contributed by atoms with Crippen LogP contribution in [-0.2, 0) is 9.59 Å². The van der Waals surface area contributed by atoms with Crippen LogP contribution in [0, 0.1) is 0 Å². The first kappa shape index (κ1) is 19.5. The molecule has 5 heteroatoms. The molecule has 0 fully saturated rings. The first-order chi connectivity index (χ1) is 12.4. The molecule has 2 rings (SSSR count). The third kappa shape index (κ3) is 5.34. The minimum absolute atomic E-state index is 0.135. The van der Waals surface area contributed by atoms with Gasteiger partial charge >= 0.3 is 0 Å². The summed E-state index contributed by atoms with van der Waals surface area (Å²) in [6.45, 7) is 7.45. The molecule has 2 aromatic rings. The van der Waals surface area contributed by atoms with Crippen molar-refractivity contribution in [2.45, 2.75) is 46.1 Å². The molecule has 2 N–H and O–H groups in total. The monoisotopic (exact) mass is 354 g/mol. The zero-order chi connectivity index (χ0) is 19.1. The number of carbonyl (C=O) groups excluding carboxylic acids is 2. The molecule has 0 radical (unpaired) electrons. The normalized spacial score (nSPS) is 12.8. The molecule has 2 atom stereocenters. The maximum Gasteiger partial charge on any atom is 0.265 e. The summed E-state index contributed by atoms with van der Waals surface area (Å²) in [6, 6.07) is 14.8. The molecule has 138 valence electrons. The van der Waals surface area contributed by atoms with E-state index in [9.17, 15) is 9.59 Å². The van der Waals surface area contributed by atoms with Gasteiger partial charge in [0.1, 0.15) is 5.75 Å². The van der Waals surface area contributed by atoms with E-state index in [1.165, 1.54) is 6.92 Å². The third-order valence-electron chi connectivity index (χ3n) is 4.21. The molecule has 0 heterocycles. The average Bonchev–Trinajstić information content (AvgIpc) is 2.62. The van der Waals surface area contributed by atoms with Gasteiger partial charge in [0, 0.05) is 18.3 Å². The van der Waals surface area contributed by atoms with Crippen LogP contribution in [-0.4, -0.2) is 17.9 Å². The number of carbonyl (C=O) groups is 2. The van der Waals surface area contributed by atoms with Gasteiger partial charge in [0.2, 0.25) is 5.91 Å². The number of hydrogen-bond donors (Lipinski definition) is 2. The summed E-state index contributed by atoms with van der Waals surface area (Å²) in [6.07, 6.45) is 0.372. The fraction of sp³-hybridized carbons (Fsp3) is 0.333. The molecule has 0 bridgehead atoms. The molecule has 2 amide bonds. The number of anilines is 2. The smallest absolute Gasteiger partial charge is 0.265 e. The molecule has 2 unspecified atom stereocenters. The number of ether oxygens (including phenoxy) is 1. The van der Waals surface area contributed by atoms with Crippen molar-refractivity contribution in [2.75, 3.05) is 10.6 Å². The number of rotatable bonds is 7. The van der Waals surface area contributed by atoms with Gasteiger partial charge < -0.3 is 15.4 Å².